The Morgan fingerprint density at radius 3 is 1.25 bits per heavy atom. The fraction of sp³-hybridized carbons (Fsp3) is 0.333. The standard InChI is InChI=1S/C18H24N2/c1-13-3-7-15(8-4-13)11-17(19)18(20)12-16-9-5-14(2)6-10-16/h3-10,17-18H,11-12,19-20H2,1-2H3/t17-,18-/m0/s1. The number of rotatable bonds is 5. The van der Waals surface area contributed by atoms with Crippen molar-refractivity contribution in [1.82, 2.24) is 0 Å². The molecule has 0 aliphatic carbocycles. The number of hydrogen-bond donors (Lipinski definition) is 2. The summed E-state index contributed by atoms with van der Waals surface area (Å²) in [7, 11) is 0. The van der Waals surface area contributed by atoms with Crippen molar-refractivity contribution < 1.29 is 0 Å². The molecule has 2 rings (SSSR count). The van der Waals surface area contributed by atoms with Crippen molar-refractivity contribution >= 4 is 0 Å². The van der Waals surface area contributed by atoms with Gasteiger partial charge in [-0.25, -0.2) is 0 Å². The minimum Gasteiger partial charge on any atom is -0.326 e. The molecule has 2 atom stereocenters. The van der Waals surface area contributed by atoms with Crippen LogP contribution in [-0.2, 0) is 12.8 Å². The summed E-state index contributed by atoms with van der Waals surface area (Å²) in [5.41, 5.74) is 17.5. The Morgan fingerprint density at radius 1 is 0.650 bits per heavy atom. The lowest BCUT2D eigenvalue weighted by molar-refractivity contribution is 0.519. The Kier molecular flexibility index (Phi) is 4.94. The molecule has 4 N–H and O–H groups in total. The fourth-order valence-electron chi connectivity index (χ4n) is 2.30. The zero-order valence-electron chi connectivity index (χ0n) is 12.3. The van der Waals surface area contributed by atoms with Gasteiger partial charge in [0.05, 0.1) is 0 Å². The lowest BCUT2D eigenvalue weighted by Crippen LogP contribution is -2.44. The summed E-state index contributed by atoms with van der Waals surface area (Å²) in [6.07, 6.45) is 1.65. The molecular weight excluding hydrogens is 244 g/mol. The molecule has 20 heavy (non-hydrogen) atoms. The minimum atomic E-state index is -0.0148. The van der Waals surface area contributed by atoms with E-state index >= 15 is 0 Å². The van der Waals surface area contributed by atoms with Crippen molar-refractivity contribution in [1.29, 1.82) is 0 Å². The molecule has 106 valence electrons. The van der Waals surface area contributed by atoms with Crippen LogP contribution in [0.4, 0.5) is 0 Å². The topological polar surface area (TPSA) is 52.0 Å². The van der Waals surface area contributed by atoms with Gasteiger partial charge in [0.1, 0.15) is 0 Å². The lowest BCUT2D eigenvalue weighted by atomic mass is 9.95. The maximum Gasteiger partial charge on any atom is 0.0236 e. The average Bonchev–Trinajstić information content (AvgIpc) is 2.44. The summed E-state index contributed by atoms with van der Waals surface area (Å²) in [5.74, 6) is 0. The van der Waals surface area contributed by atoms with Crippen molar-refractivity contribution in [3.8, 4) is 0 Å². The van der Waals surface area contributed by atoms with Crippen molar-refractivity contribution in [3.05, 3.63) is 70.8 Å². The number of benzene rings is 2. The first-order chi connectivity index (χ1) is 9.54. The van der Waals surface area contributed by atoms with E-state index in [4.69, 9.17) is 11.5 Å². The van der Waals surface area contributed by atoms with Crippen molar-refractivity contribution in [2.75, 3.05) is 0 Å². The number of hydrogen-bond acceptors (Lipinski definition) is 2. The maximum atomic E-state index is 6.24. The highest BCUT2D eigenvalue weighted by Gasteiger charge is 2.14. The van der Waals surface area contributed by atoms with E-state index in [0.717, 1.165) is 12.8 Å². The molecule has 2 aromatic carbocycles. The van der Waals surface area contributed by atoms with Gasteiger partial charge in [0.15, 0.2) is 0 Å². The van der Waals surface area contributed by atoms with Gasteiger partial charge in [-0.15, -0.1) is 0 Å². The maximum absolute atomic E-state index is 6.24. The van der Waals surface area contributed by atoms with E-state index in [0.29, 0.717) is 0 Å². The first-order valence-corrected chi connectivity index (χ1v) is 7.17. The third-order valence-electron chi connectivity index (χ3n) is 3.73. The highest BCUT2D eigenvalue weighted by molar-refractivity contribution is 5.24. The molecule has 0 heterocycles. The molecule has 0 unspecified atom stereocenters. The highest BCUT2D eigenvalue weighted by atomic mass is 14.8. The van der Waals surface area contributed by atoms with Gasteiger partial charge in [-0.05, 0) is 37.8 Å². The predicted molar refractivity (Wildman–Crippen MR) is 85.7 cm³/mol. The van der Waals surface area contributed by atoms with E-state index in [-0.39, 0.29) is 12.1 Å². The third-order valence-corrected chi connectivity index (χ3v) is 3.73. The Bertz CT molecular complexity index is 477. The smallest absolute Gasteiger partial charge is 0.0236 e. The fourth-order valence-corrected chi connectivity index (χ4v) is 2.30. The first kappa shape index (κ1) is 14.8. The molecule has 0 bridgehead atoms. The van der Waals surface area contributed by atoms with Crippen LogP contribution in [0.1, 0.15) is 22.3 Å². The normalized spacial score (nSPS) is 14.0. The predicted octanol–water partition coefficient (Wildman–Crippen LogP) is 2.74. The van der Waals surface area contributed by atoms with E-state index in [9.17, 15) is 0 Å². The molecule has 0 spiro atoms. The molecular formula is C18H24N2. The molecule has 2 nitrogen and oxygen atoms in total. The van der Waals surface area contributed by atoms with Crippen molar-refractivity contribution in [2.24, 2.45) is 11.5 Å². The summed E-state index contributed by atoms with van der Waals surface area (Å²) < 4.78 is 0. The van der Waals surface area contributed by atoms with Crippen LogP contribution in [0, 0.1) is 13.8 Å². The van der Waals surface area contributed by atoms with E-state index in [1.54, 1.807) is 0 Å². The second kappa shape index (κ2) is 6.69. The molecule has 0 aliphatic rings. The van der Waals surface area contributed by atoms with Gasteiger partial charge in [0.25, 0.3) is 0 Å². The Hall–Kier alpha value is -1.64. The quantitative estimate of drug-likeness (QED) is 0.876. The summed E-state index contributed by atoms with van der Waals surface area (Å²) in [6.45, 7) is 4.18. The van der Waals surface area contributed by atoms with E-state index in [2.05, 4.69) is 62.4 Å². The van der Waals surface area contributed by atoms with Crippen LogP contribution in [0.5, 0.6) is 0 Å². The zero-order valence-corrected chi connectivity index (χ0v) is 12.3. The molecule has 0 aromatic heterocycles. The second-order valence-electron chi connectivity index (χ2n) is 5.71. The van der Waals surface area contributed by atoms with Crippen LogP contribution in [0.15, 0.2) is 48.5 Å². The van der Waals surface area contributed by atoms with Gasteiger partial charge in [0, 0.05) is 12.1 Å². The van der Waals surface area contributed by atoms with Gasteiger partial charge in [-0.2, -0.15) is 0 Å². The minimum absolute atomic E-state index is 0.0148. The second-order valence-corrected chi connectivity index (χ2v) is 5.71. The SMILES string of the molecule is Cc1ccc(C[C@H](N)[C@@H](N)Cc2ccc(C)cc2)cc1. The van der Waals surface area contributed by atoms with Gasteiger partial charge in [-0.1, -0.05) is 59.7 Å². The van der Waals surface area contributed by atoms with Crippen LogP contribution in [0.2, 0.25) is 0 Å². The summed E-state index contributed by atoms with van der Waals surface area (Å²) in [5, 5.41) is 0. The van der Waals surface area contributed by atoms with E-state index in [1.807, 2.05) is 0 Å². The first-order valence-electron chi connectivity index (χ1n) is 7.17. The largest absolute Gasteiger partial charge is 0.326 e. The summed E-state index contributed by atoms with van der Waals surface area (Å²) >= 11 is 0. The zero-order chi connectivity index (χ0) is 14.5. The van der Waals surface area contributed by atoms with Gasteiger partial charge < -0.3 is 11.5 Å². The monoisotopic (exact) mass is 268 g/mol. The van der Waals surface area contributed by atoms with Crippen LogP contribution in [-0.4, -0.2) is 12.1 Å². The molecule has 0 saturated heterocycles. The Balaban J connectivity index is 1.93. The molecule has 0 aliphatic heterocycles. The van der Waals surface area contributed by atoms with Gasteiger partial charge in [-0.3, -0.25) is 0 Å². The number of aryl methyl sites for hydroxylation is 2. The van der Waals surface area contributed by atoms with Crippen LogP contribution in [0.25, 0.3) is 0 Å². The van der Waals surface area contributed by atoms with Gasteiger partial charge in [0.2, 0.25) is 0 Å². The molecule has 0 saturated carbocycles. The summed E-state index contributed by atoms with van der Waals surface area (Å²) in [6, 6.07) is 17.0. The molecule has 0 amide bonds. The Labute approximate surface area is 121 Å². The highest BCUT2D eigenvalue weighted by Crippen LogP contribution is 2.10. The van der Waals surface area contributed by atoms with E-state index in [1.165, 1.54) is 22.3 Å². The van der Waals surface area contributed by atoms with Crippen LogP contribution >= 0.6 is 0 Å². The molecule has 2 heteroatoms. The van der Waals surface area contributed by atoms with Crippen molar-refractivity contribution in [2.45, 2.75) is 38.8 Å². The molecule has 0 fully saturated rings. The lowest BCUT2D eigenvalue weighted by Gasteiger charge is -2.20. The average molecular weight is 268 g/mol. The Morgan fingerprint density at radius 2 is 0.950 bits per heavy atom. The van der Waals surface area contributed by atoms with Crippen LogP contribution < -0.4 is 11.5 Å². The summed E-state index contributed by atoms with van der Waals surface area (Å²) in [4.78, 5) is 0. The number of nitrogens with two attached hydrogens (primary N) is 2. The van der Waals surface area contributed by atoms with Crippen molar-refractivity contribution in [3.63, 3.8) is 0 Å². The van der Waals surface area contributed by atoms with Gasteiger partial charge >= 0.3 is 0 Å². The van der Waals surface area contributed by atoms with Crippen LogP contribution in [0.3, 0.4) is 0 Å². The third kappa shape index (κ3) is 4.19. The molecule has 2 aromatic rings. The molecule has 0 radical (unpaired) electrons. The van der Waals surface area contributed by atoms with E-state index < -0.39 is 0 Å².